The Morgan fingerprint density at radius 3 is 2.32 bits per heavy atom. The number of benzene rings is 2. The highest BCUT2D eigenvalue weighted by molar-refractivity contribution is 7.89. The summed E-state index contributed by atoms with van der Waals surface area (Å²) in [5.74, 6) is 1.13. The van der Waals surface area contributed by atoms with Crippen molar-refractivity contribution < 1.29 is 17.9 Å². The number of aromatic nitrogens is 2. The number of aryl methyl sites for hydroxylation is 1. The Balaban J connectivity index is 1.61. The van der Waals surface area contributed by atoms with Gasteiger partial charge in [0.25, 0.3) is 5.91 Å². The van der Waals surface area contributed by atoms with E-state index in [4.69, 9.17) is 4.74 Å². The van der Waals surface area contributed by atoms with Crippen molar-refractivity contribution in [3.63, 3.8) is 0 Å². The minimum Gasteiger partial charge on any atom is -0.486 e. The molecule has 0 spiro atoms. The van der Waals surface area contributed by atoms with Crippen LogP contribution in [-0.4, -0.2) is 41.3 Å². The third-order valence-electron chi connectivity index (χ3n) is 4.92. The highest BCUT2D eigenvalue weighted by atomic mass is 32.2. The van der Waals surface area contributed by atoms with E-state index < -0.39 is 10.0 Å². The predicted molar refractivity (Wildman–Crippen MR) is 118 cm³/mol. The van der Waals surface area contributed by atoms with Gasteiger partial charge in [-0.1, -0.05) is 0 Å². The second kappa shape index (κ2) is 9.32. The summed E-state index contributed by atoms with van der Waals surface area (Å²) in [6, 6.07) is 12.7. The lowest BCUT2D eigenvalue weighted by Gasteiger charge is -2.21. The fraction of sp³-hybridized carbons (Fsp3) is 0.273. The summed E-state index contributed by atoms with van der Waals surface area (Å²) in [6.45, 7) is 3.94. The number of hydrogen-bond acceptors (Lipinski definition) is 5. The monoisotopic (exact) mass is 442 g/mol. The quantitative estimate of drug-likeness (QED) is 0.578. The molecule has 0 saturated carbocycles. The Kier molecular flexibility index (Phi) is 6.77. The second-order valence-electron chi connectivity index (χ2n) is 7.36. The molecule has 2 aromatic carbocycles. The summed E-state index contributed by atoms with van der Waals surface area (Å²) < 4.78 is 33.9. The maximum atomic E-state index is 12.5. The number of ether oxygens (including phenoxy) is 1. The topological polar surface area (TPSA) is 93.5 Å². The highest BCUT2D eigenvalue weighted by Gasteiger charge is 2.23. The average Bonchev–Trinajstić information content (AvgIpc) is 3.17. The maximum Gasteiger partial charge on any atom is 0.255 e. The van der Waals surface area contributed by atoms with Crippen molar-refractivity contribution in [2.45, 2.75) is 31.4 Å². The molecule has 164 valence electrons. The zero-order valence-corrected chi connectivity index (χ0v) is 18.8. The van der Waals surface area contributed by atoms with Crippen LogP contribution in [0.5, 0.6) is 5.75 Å². The summed E-state index contributed by atoms with van der Waals surface area (Å²) in [6.07, 6.45) is 3.56. The van der Waals surface area contributed by atoms with E-state index in [1.54, 1.807) is 44.3 Å². The number of hydrogen-bond donors (Lipinski definition) is 1. The van der Waals surface area contributed by atoms with Gasteiger partial charge in [-0.25, -0.2) is 13.4 Å². The van der Waals surface area contributed by atoms with Crippen molar-refractivity contribution in [1.29, 1.82) is 0 Å². The summed E-state index contributed by atoms with van der Waals surface area (Å²) in [7, 11) is -0.157. The van der Waals surface area contributed by atoms with Crippen LogP contribution in [0, 0.1) is 0 Å². The van der Waals surface area contributed by atoms with Crippen LogP contribution in [0.2, 0.25) is 0 Å². The summed E-state index contributed by atoms with van der Waals surface area (Å²) >= 11 is 0. The van der Waals surface area contributed by atoms with Gasteiger partial charge in [-0.05, 0) is 62.4 Å². The molecule has 9 heteroatoms. The molecule has 0 aliphatic carbocycles. The molecule has 1 N–H and O–H groups in total. The lowest BCUT2D eigenvalue weighted by atomic mass is 10.2. The van der Waals surface area contributed by atoms with Crippen molar-refractivity contribution in [1.82, 2.24) is 13.9 Å². The van der Waals surface area contributed by atoms with E-state index in [-0.39, 0.29) is 16.8 Å². The molecule has 1 aromatic heterocycles. The van der Waals surface area contributed by atoms with E-state index in [1.807, 2.05) is 17.8 Å². The molecule has 1 heterocycles. The zero-order valence-electron chi connectivity index (χ0n) is 17.9. The number of nitrogens with one attached hydrogen (secondary N) is 1. The Hall–Kier alpha value is -3.17. The molecule has 3 aromatic rings. The summed E-state index contributed by atoms with van der Waals surface area (Å²) in [5.41, 5.74) is 0.965. The SMILES string of the molecule is CC(C)N(C)S(=O)(=O)c1ccc(C(=O)Nc2ccc(OCc3nccn3C)cc2)cc1. The number of amides is 1. The van der Waals surface area contributed by atoms with E-state index in [2.05, 4.69) is 10.3 Å². The van der Waals surface area contributed by atoms with Gasteiger partial charge in [-0.3, -0.25) is 4.79 Å². The molecule has 0 bridgehead atoms. The number of rotatable bonds is 8. The summed E-state index contributed by atoms with van der Waals surface area (Å²) in [4.78, 5) is 16.9. The van der Waals surface area contributed by atoms with Crippen molar-refractivity contribution >= 4 is 21.6 Å². The van der Waals surface area contributed by atoms with Crippen LogP contribution in [0.3, 0.4) is 0 Å². The second-order valence-corrected chi connectivity index (χ2v) is 9.36. The molecular formula is C22H26N4O4S. The van der Waals surface area contributed by atoms with Gasteiger partial charge in [0.1, 0.15) is 18.2 Å². The largest absolute Gasteiger partial charge is 0.486 e. The Morgan fingerprint density at radius 2 is 1.77 bits per heavy atom. The van der Waals surface area contributed by atoms with Crippen molar-refractivity contribution in [3.8, 4) is 5.75 Å². The highest BCUT2D eigenvalue weighted by Crippen LogP contribution is 2.20. The van der Waals surface area contributed by atoms with E-state index in [9.17, 15) is 13.2 Å². The van der Waals surface area contributed by atoms with Crippen molar-refractivity contribution in [3.05, 3.63) is 72.3 Å². The molecule has 0 fully saturated rings. The molecule has 3 rings (SSSR count). The first-order valence-corrected chi connectivity index (χ1v) is 11.2. The van der Waals surface area contributed by atoms with Crippen LogP contribution < -0.4 is 10.1 Å². The Morgan fingerprint density at radius 1 is 1.13 bits per heavy atom. The Bertz CT molecular complexity index is 1140. The van der Waals surface area contributed by atoms with Gasteiger partial charge in [0.05, 0.1) is 4.90 Å². The average molecular weight is 443 g/mol. The van der Waals surface area contributed by atoms with Crippen molar-refractivity contribution in [2.75, 3.05) is 12.4 Å². The van der Waals surface area contributed by atoms with Crippen LogP contribution >= 0.6 is 0 Å². The van der Waals surface area contributed by atoms with Crippen LogP contribution in [-0.2, 0) is 23.7 Å². The minimum absolute atomic E-state index is 0.148. The van der Waals surface area contributed by atoms with Gasteiger partial charge in [0.2, 0.25) is 10.0 Å². The fourth-order valence-electron chi connectivity index (χ4n) is 2.74. The third kappa shape index (κ3) is 5.31. The van der Waals surface area contributed by atoms with Crippen LogP contribution in [0.15, 0.2) is 65.8 Å². The Labute approximate surface area is 182 Å². The van der Waals surface area contributed by atoms with Gasteiger partial charge in [0, 0.05) is 43.8 Å². The maximum absolute atomic E-state index is 12.5. The molecule has 0 radical (unpaired) electrons. The number of sulfonamides is 1. The lowest BCUT2D eigenvalue weighted by molar-refractivity contribution is 0.102. The predicted octanol–water partition coefficient (Wildman–Crippen LogP) is 3.28. The first-order valence-electron chi connectivity index (χ1n) is 9.77. The fourth-order valence-corrected chi connectivity index (χ4v) is 4.11. The first-order chi connectivity index (χ1) is 14.7. The van der Waals surface area contributed by atoms with E-state index >= 15 is 0 Å². The molecule has 0 aliphatic rings. The lowest BCUT2D eigenvalue weighted by Crippen LogP contribution is -2.33. The number of nitrogens with zero attached hydrogens (tertiary/aromatic N) is 3. The molecule has 1 amide bonds. The molecule has 31 heavy (non-hydrogen) atoms. The summed E-state index contributed by atoms with van der Waals surface area (Å²) in [5, 5.41) is 2.79. The molecule has 8 nitrogen and oxygen atoms in total. The first kappa shape index (κ1) is 22.5. The van der Waals surface area contributed by atoms with Gasteiger partial charge in [0.15, 0.2) is 0 Å². The third-order valence-corrected chi connectivity index (χ3v) is 6.97. The molecule has 0 atom stereocenters. The number of carbonyl (C=O) groups is 1. The van der Waals surface area contributed by atoms with Crippen LogP contribution in [0.1, 0.15) is 30.0 Å². The number of imidazole rings is 1. The van der Waals surface area contributed by atoms with Crippen molar-refractivity contribution in [2.24, 2.45) is 7.05 Å². The number of anilines is 1. The smallest absolute Gasteiger partial charge is 0.255 e. The minimum atomic E-state index is -3.59. The standard InChI is InChI=1S/C22H26N4O4S/c1-16(2)26(4)31(28,29)20-11-5-17(6-12-20)22(27)24-18-7-9-19(10-8-18)30-15-21-23-13-14-25(21)3/h5-14,16H,15H2,1-4H3,(H,24,27). The van der Waals surface area contributed by atoms with Gasteiger partial charge < -0.3 is 14.6 Å². The molecule has 0 saturated heterocycles. The van der Waals surface area contributed by atoms with Gasteiger partial charge in [-0.2, -0.15) is 4.31 Å². The van der Waals surface area contributed by atoms with E-state index in [0.717, 1.165) is 5.82 Å². The zero-order chi connectivity index (χ0) is 22.6. The molecule has 0 aliphatic heterocycles. The van der Waals surface area contributed by atoms with Crippen LogP contribution in [0.4, 0.5) is 5.69 Å². The molecular weight excluding hydrogens is 416 g/mol. The van der Waals surface area contributed by atoms with E-state index in [1.165, 1.54) is 35.6 Å². The van der Waals surface area contributed by atoms with Gasteiger partial charge >= 0.3 is 0 Å². The normalized spacial score (nSPS) is 11.7. The van der Waals surface area contributed by atoms with Gasteiger partial charge in [-0.15, -0.1) is 0 Å². The van der Waals surface area contributed by atoms with Crippen LogP contribution in [0.25, 0.3) is 0 Å². The number of carbonyl (C=O) groups excluding carboxylic acids is 1. The van der Waals surface area contributed by atoms with E-state index in [0.29, 0.717) is 23.6 Å². The molecule has 0 unspecified atom stereocenters.